The van der Waals surface area contributed by atoms with Crippen LogP contribution in [0.15, 0.2) is 24.3 Å². The van der Waals surface area contributed by atoms with Crippen LogP contribution in [0.25, 0.3) is 0 Å². The van der Waals surface area contributed by atoms with Gasteiger partial charge in [0.15, 0.2) is 0 Å². The maximum Gasteiger partial charge on any atom is 0.323 e. The molecule has 2 rings (SSSR count). The van der Waals surface area contributed by atoms with E-state index in [1.165, 1.54) is 0 Å². The molecule has 1 aliphatic heterocycles. The number of carboxylic acid groups (broad SMARTS) is 1. The van der Waals surface area contributed by atoms with E-state index in [9.17, 15) is 4.79 Å². The van der Waals surface area contributed by atoms with E-state index in [1.807, 2.05) is 24.0 Å². The molecule has 19 heavy (non-hydrogen) atoms. The van der Waals surface area contributed by atoms with Crippen molar-refractivity contribution in [1.29, 1.82) is 0 Å². The van der Waals surface area contributed by atoms with E-state index in [0.717, 1.165) is 18.5 Å². The third-order valence-electron chi connectivity index (χ3n) is 3.36. The Morgan fingerprint density at radius 3 is 2.74 bits per heavy atom. The maximum atomic E-state index is 11.1. The molecule has 0 spiro atoms. The molecular weight excluding hydrogens is 266 g/mol. The number of halogens is 1. The largest absolute Gasteiger partial charge is 0.480 e. The molecule has 1 N–H and O–H groups in total. The highest BCUT2D eigenvalue weighted by Gasteiger charge is 2.26. The van der Waals surface area contributed by atoms with E-state index >= 15 is 0 Å². The SMILES string of the molecule is CC1CC(N(CC(=O)O)c2ccc(Cl)cc2)CCO1. The first kappa shape index (κ1) is 14.2. The van der Waals surface area contributed by atoms with Crippen LogP contribution in [-0.4, -0.2) is 36.4 Å². The molecule has 1 fully saturated rings. The van der Waals surface area contributed by atoms with Crippen LogP contribution >= 0.6 is 11.6 Å². The standard InChI is InChI=1S/C14H18ClNO3/c1-10-8-13(6-7-19-10)16(9-14(17)18)12-4-2-11(15)3-5-12/h2-5,10,13H,6-9H2,1H3,(H,17,18). The van der Waals surface area contributed by atoms with Gasteiger partial charge in [0.05, 0.1) is 6.10 Å². The Hall–Kier alpha value is -1.26. The third kappa shape index (κ3) is 3.85. The molecule has 5 heteroatoms. The quantitative estimate of drug-likeness (QED) is 0.923. The summed E-state index contributed by atoms with van der Waals surface area (Å²) in [6.45, 7) is 2.70. The molecule has 0 saturated carbocycles. The summed E-state index contributed by atoms with van der Waals surface area (Å²) in [5.74, 6) is -0.825. The molecular formula is C14H18ClNO3. The molecule has 4 nitrogen and oxygen atoms in total. The number of carbonyl (C=O) groups is 1. The Morgan fingerprint density at radius 1 is 1.47 bits per heavy atom. The van der Waals surface area contributed by atoms with Crippen LogP contribution < -0.4 is 4.90 Å². The van der Waals surface area contributed by atoms with Gasteiger partial charge in [-0.25, -0.2) is 0 Å². The molecule has 0 amide bonds. The number of carboxylic acids is 1. The van der Waals surface area contributed by atoms with E-state index in [0.29, 0.717) is 11.6 Å². The number of hydrogen-bond donors (Lipinski definition) is 1. The molecule has 2 atom stereocenters. The van der Waals surface area contributed by atoms with Gasteiger partial charge in [-0.2, -0.15) is 0 Å². The summed E-state index contributed by atoms with van der Waals surface area (Å²) in [5.41, 5.74) is 0.894. The first-order valence-corrected chi connectivity index (χ1v) is 6.79. The highest BCUT2D eigenvalue weighted by molar-refractivity contribution is 6.30. The lowest BCUT2D eigenvalue weighted by molar-refractivity contribution is -0.135. The number of nitrogens with zero attached hydrogens (tertiary/aromatic N) is 1. The summed E-state index contributed by atoms with van der Waals surface area (Å²) < 4.78 is 5.52. The van der Waals surface area contributed by atoms with Crippen molar-refractivity contribution >= 4 is 23.3 Å². The van der Waals surface area contributed by atoms with E-state index in [2.05, 4.69) is 0 Å². The minimum absolute atomic E-state index is 0.000973. The Kier molecular flexibility index (Phi) is 4.66. The average Bonchev–Trinajstić information content (AvgIpc) is 2.37. The van der Waals surface area contributed by atoms with Gasteiger partial charge in [0.2, 0.25) is 0 Å². The smallest absolute Gasteiger partial charge is 0.323 e. The summed E-state index contributed by atoms with van der Waals surface area (Å²) in [4.78, 5) is 13.0. The van der Waals surface area contributed by atoms with Gasteiger partial charge in [-0.3, -0.25) is 4.79 Å². The second kappa shape index (κ2) is 6.26. The van der Waals surface area contributed by atoms with Crippen LogP contribution in [0.3, 0.4) is 0 Å². The Balaban J connectivity index is 2.19. The fourth-order valence-corrected chi connectivity index (χ4v) is 2.59. The molecule has 1 aromatic carbocycles. The Bertz CT molecular complexity index is 435. The van der Waals surface area contributed by atoms with Crippen LogP contribution in [0.1, 0.15) is 19.8 Å². The average molecular weight is 284 g/mol. The number of anilines is 1. The normalized spacial score (nSPS) is 23.1. The van der Waals surface area contributed by atoms with Gasteiger partial charge in [-0.15, -0.1) is 0 Å². The molecule has 0 radical (unpaired) electrons. The maximum absolute atomic E-state index is 11.1. The summed E-state index contributed by atoms with van der Waals surface area (Å²) in [6, 6.07) is 7.50. The lowest BCUT2D eigenvalue weighted by Crippen LogP contribution is -2.44. The van der Waals surface area contributed by atoms with Gasteiger partial charge in [-0.1, -0.05) is 11.6 Å². The van der Waals surface area contributed by atoms with Crippen molar-refractivity contribution in [2.24, 2.45) is 0 Å². The third-order valence-corrected chi connectivity index (χ3v) is 3.61. The van der Waals surface area contributed by atoms with Crippen LogP contribution in [-0.2, 0) is 9.53 Å². The Morgan fingerprint density at radius 2 is 2.16 bits per heavy atom. The van der Waals surface area contributed by atoms with E-state index in [4.69, 9.17) is 21.4 Å². The molecule has 1 saturated heterocycles. The first-order valence-electron chi connectivity index (χ1n) is 6.42. The van der Waals surface area contributed by atoms with E-state index in [1.54, 1.807) is 12.1 Å². The van der Waals surface area contributed by atoms with Gasteiger partial charge < -0.3 is 14.7 Å². The second-order valence-electron chi connectivity index (χ2n) is 4.86. The zero-order valence-electron chi connectivity index (χ0n) is 10.9. The number of ether oxygens (including phenoxy) is 1. The molecule has 0 aromatic heterocycles. The fraction of sp³-hybridized carbons (Fsp3) is 0.500. The summed E-state index contributed by atoms with van der Waals surface area (Å²) in [7, 11) is 0. The van der Waals surface area contributed by atoms with Crippen LogP contribution in [0.5, 0.6) is 0 Å². The molecule has 0 bridgehead atoms. The minimum atomic E-state index is -0.825. The molecule has 1 aromatic rings. The minimum Gasteiger partial charge on any atom is -0.480 e. The number of aliphatic carboxylic acids is 1. The van der Waals surface area contributed by atoms with Crippen molar-refractivity contribution < 1.29 is 14.6 Å². The Labute approximate surface area is 117 Å². The zero-order chi connectivity index (χ0) is 13.8. The van der Waals surface area contributed by atoms with Gasteiger partial charge in [0.25, 0.3) is 0 Å². The van der Waals surface area contributed by atoms with Gasteiger partial charge >= 0.3 is 5.97 Å². The van der Waals surface area contributed by atoms with Crippen LogP contribution in [0.4, 0.5) is 5.69 Å². The molecule has 104 valence electrons. The summed E-state index contributed by atoms with van der Waals surface area (Å²) >= 11 is 5.88. The number of hydrogen-bond acceptors (Lipinski definition) is 3. The monoisotopic (exact) mass is 283 g/mol. The summed E-state index contributed by atoms with van der Waals surface area (Å²) in [5, 5.41) is 9.75. The predicted molar refractivity (Wildman–Crippen MR) is 74.9 cm³/mol. The lowest BCUT2D eigenvalue weighted by Gasteiger charge is -2.37. The molecule has 0 aliphatic carbocycles. The first-order chi connectivity index (χ1) is 9.06. The lowest BCUT2D eigenvalue weighted by atomic mass is 10.0. The number of rotatable bonds is 4. The van der Waals surface area contributed by atoms with Crippen molar-refractivity contribution in [3.63, 3.8) is 0 Å². The number of benzene rings is 1. The molecule has 1 aliphatic rings. The second-order valence-corrected chi connectivity index (χ2v) is 5.29. The van der Waals surface area contributed by atoms with Gasteiger partial charge in [0.1, 0.15) is 6.54 Å². The van der Waals surface area contributed by atoms with Crippen molar-refractivity contribution in [2.75, 3.05) is 18.1 Å². The van der Waals surface area contributed by atoms with Crippen molar-refractivity contribution in [3.8, 4) is 0 Å². The van der Waals surface area contributed by atoms with Crippen molar-refractivity contribution in [1.82, 2.24) is 0 Å². The van der Waals surface area contributed by atoms with Crippen molar-refractivity contribution in [2.45, 2.75) is 31.9 Å². The zero-order valence-corrected chi connectivity index (χ0v) is 11.6. The molecule has 2 unspecified atom stereocenters. The van der Waals surface area contributed by atoms with E-state index in [-0.39, 0.29) is 18.7 Å². The van der Waals surface area contributed by atoms with Gasteiger partial charge in [0, 0.05) is 23.4 Å². The predicted octanol–water partition coefficient (Wildman–Crippen LogP) is 2.80. The van der Waals surface area contributed by atoms with Crippen molar-refractivity contribution in [3.05, 3.63) is 29.3 Å². The van der Waals surface area contributed by atoms with E-state index < -0.39 is 5.97 Å². The van der Waals surface area contributed by atoms with Crippen LogP contribution in [0.2, 0.25) is 5.02 Å². The van der Waals surface area contributed by atoms with Gasteiger partial charge in [-0.05, 0) is 44.0 Å². The highest BCUT2D eigenvalue weighted by atomic mass is 35.5. The molecule has 1 heterocycles. The topological polar surface area (TPSA) is 49.8 Å². The van der Waals surface area contributed by atoms with Crippen LogP contribution in [0, 0.1) is 0 Å². The highest BCUT2D eigenvalue weighted by Crippen LogP contribution is 2.26. The fourth-order valence-electron chi connectivity index (χ4n) is 2.47. The summed E-state index contributed by atoms with van der Waals surface area (Å²) in [6.07, 6.45) is 1.86.